The van der Waals surface area contributed by atoms with Gasteiger partial charge >= 0.3 is 0 Å². The number of hydrazone groups is 1. The van der Waals surface area contributed by atoms with Crippen molar-refractivity contribution in [1.29, 1.82) is 0 Å². The van der Waals surface area contributed by atoms with Gasteiger partial charge in [0.25, 0.3) is 5.91 Å². The molecule has 4 aromatic rings. The summed E-state index contributed by atoms with van der Waals surface area (Å²) in [6.45, 7) is 2.03. The molecule has 0 radical (unpaired) electrons. The van der Waals surface area contributed by atoms with Gasteiger partial charge in [-0.3, -0.25) is 9.36 Å². The van der Waals surface area contributed by atoms with Crippen LogP contribution in [0.25, 0.3) is 17.1 Å². The first-order valence-electron chi connectivity index (χ1n) is 10.5. The number of aromatic nitrogens is 3. The molecule has 0 spiro atoms. The van der Waals surface area contributed by atoms with Crippen molar-refractivity contribution in [3.8, 4) is 28.6 Å². The number of thioether (sulfide) groups is 1. The maximum Gasteiger partial charge on any atom is 0.250 e. The third kappa shape index (κ3) is 5.26. The lowest BCUT2D eigenvalue weighted by atomic mass is 10.1. The zero-order valence-electron chi connectivity index (χ0n) is 18.7. The molecular weight excluding hydrogens is 450 g/mol. The third-order valence-electron chi connectivity index (χ3n) is 4.93. The monoisotopic (exact) mass is 473 g/mol. The van der Waals surface area contributed by atoms with Gasteiger partial charge in [0.2, 0.25) is 0 Å². The molecule has 4 rings (SSSR count). The van der Waals surface area contributed by atoms with Crippen LogP contribution in [0.3, 0.4) is 0 Å². The molecule has 0 saturated carbocycles. The summed E-state index contributed by atoms with van der Waals surface area (Å²) < 4.78 is 7.00. The average molecular weight is 474 g/mol. The smallest absolute Gasteiger partial charge is 0.250 e. The third-order valence-corrected chi connectivity index (χ3v) is 5.86. The number of carbonyl (C=O) groups excluding carboxylic acids is 1. The van der Waals surface area contributed by atoms with E-state index in [0.717, 1.165) is 16.8 Å². The van der Waals surface area contributed by atoms with E-state index < -0.39 is 0 Å². The zero-order valence-corrected chi connectivity index (χ0v) is 19.5. The molecule has 1 heterocycles. The van der Waals surface area contributed by atoms with E-state index in [1.807, 2.05) is 66.1 Å². The van der Waals surface area contributed by atoms with Crippen LogP contribution in [0, 0.1) is 6.92 Å². The van der Waals surface area contributed by atoms with E-state index in [4.69, 9.17) is 4.74 Å². The Morgan fingerprint density at radius 3 is 2.59 bits per heavy atom. The number of para-hydroxylation sites is 2. The SMILES string of the molecule is COc1cccc(/C=N\NC(=O)CSc2nnc(-c3ccc(C)cc3)n2-c2ccccc2)c1O. The summed E-state index contributed by atoms with van der Waals surface area (Å²) in [6.07, 6.45) is 1.36. The molecule has 34 heavy (non-hydrogen) atoms. The van der Waals surface area contributed by atoms with Crippen molar-refractivity contribution < 1.29 is 14.6 Å². The maximum absolute atomic E-state index is 12.4. The van der Waals surface area contributed by atoms with Gasteiger partial charge in [0.1, 0.15) is 0 Å². The molecule has 9 heteroatoms. The fourth-order valence-electron chi connectivity index (χ4n) is 3.21. The Balaban J connectivity index is 1.48. The average Bonchev–Trinajstić information content (AvgIpc) is 3.29. The van der Waals surface area contributed by atoms with Gasteiger partial charge < -0.3 is 9.84 Å². The Labute approximate surface area is 201 Å². The van der Waals surface area contributed by atoms with Crippen molar-refractivity contribution >= 4 is 23.9 Å². The second-order valence-corrected chi connectivity index (χ2v) is 8.27. The number of aromatic hydroxyl groups is 1. The lowest BCUT2D eigenvalue weighted by Crippen LogP contribution is -2.20. The zero-order chi connectivity index (χ0) is 23.9. The molecule has 0 aliphatic heterocycles. The number of hydrogen-bond acceptors (Lipinski definition) is 7. The number of benzene rings is 3. The van der Waals surface area contributed by atoms with E-state index in [0.29, 0.717) is 22.3 Å². The first kappa shape index (κ1) is 23.1. The van der Waals surface area contributed by atoms with Gasteiger partial charge in [-0.25, -0.2) is 5.43 Å². The number of nitrogens with one attached hydrogen (secondary N) is 1. The number of phenols is 1. The second kappa shape index (κ2) is 10.7. The Bertz CT molecular complexity index is 1300. The Morgan fingerprint density at radius 2 is 1.85 bits per heavy atom. The highest BCUT2D eigenvalue weighted by Gasteiger charge is 2.17. The van der Waals surface area contributed by atoms with Gasteiger partial charge in [-0.2, -0.15) is 5.10 Å². The van der Waals surface area contributed by atoms with E-state index in [2.05, 4.69) is 20.7 Å². The highest BCUT2D eigenvalue weighted by Crippen LogP contribution is 2.29. The fourth-order valence-corrected chi connectivity index (χ4v) is 3.95. The Hall–Kier alpha value is -4.11. The Kier molecular flexibility index (Phi) is 7.24. The van der Waals surface area contributed by atoms with Crippen LogP contribution in [0.2, 0.25) is 0 Å². The molecule has 0 bridgehead atoms. The molecule has 0 fully saturated rings. The number of rotatable bonds is 8. The normalized spacial score (nSPS) is 11.0. The van der Waals surface area contributed by atoms with Gasteiger partial charge in [-0.05, 0) is 31.2 Å². The lowest BCUT2D eigenvalue weighted by Gasteiger charge is -2.10. The number of aryl methyl sites for hydroxylation is 1. The van der Waals surface area contributed by atoms with Gasteiger partial charge in [0, 0.05) is 16.8 Å². The van der Waals surface area contributed by atoms with Crippen LogP contribution < -0.4 is 10.2 Å². The molecular formula is C25H23N5O3S. The standard InChI is InChI=1S/C25H23N5O3S/c1-17-11-13-18(14-12-17)24-28-29-25(30(24)20-8-4-3-5-9-20)34-16-22(31)27-26-15-19-7-6-10-21(33-2)23(19)32/h3-15,32H,16H2,1-2H3,(H,27,31)/b26-15-. The summed E-state index contributed by atoms with van der Waals surface area (Å²) >= 11 is 1.26. The largest absolute Gasteiger partial charge is 0.504 e. The summed E-state index contributed by atoms with van der Waals surface area (Å²) in [5, 5.41) is 23.4. The van der Waals surface area contributed by atoms with Gasteiger partial charge in [-0.15, -0.1) is 10.2 Å². The van der Waals surface area contributed by atoms with E-state index in [-0.39, 0.29) is 17.4 Å². The predicted octanol–water partition coefficient (Wildman–Crippen LogP) is 4.20. The number of nitrogens with zero attached hydrogens (tertiary/aromatic N) is 4. The molecule has 0 aliphatic carbocycles. The van der Waals surface area contributed by atoms with E-state index in [1.165, 1.54) is 25.1 Å². The van der Waals surface area contributed by atoms with Crippen LogP contribution in [0.1, 0.15) is 11.1 Å². The molecule has 1 amide bonds. The van der Waals surface area contributed by atoms with Crippen molar-refractivity contribution in [2.45, 2.75) is 12.1 Å². The molecule has 0 unspecified atom stereocenters. The van der Waals surface area contributed by atoms with E-state index >= 15 is 0 Å². The van der Waals surface area contributed by atoms with Crippen molar-refractivity contribution in [2.75, 3.05) is 12.9 Å². The highest BCUT2D eigenvalue weighted by molar-refractivity contribution is 7.99. The summed E-state index contributed by atoms with van der Waals surface area (Å²) in [5.74, 6) is 0.747. The molecule has 3 aromatic carbocycles. The van der Waals surface area contributed by atoms with Crippen LogP contribution >= 0.6 is 11.8 Å². The number of carbonyl (C=O) groups is 1. The highest BCUT2D eigenvalue weighted by atomic mass is 32.2. The molecule has 1 aromatic heterocycles. The summed E-state index contributed by atoms with van der Waals surface area (Å²) in [5.41, 5.74) is 5.89. The number of phenolic OH excluding ortho intramolecular Hbond substituents is 1. The second-order valence-electron chi connectivity index (χ2n) is 7.32. The maximum atomic E-state index is 12.4. The molecule has 0 aliphatic rings. The van der Waals surface area contributed by atoms with Gasteiger partial charge in [0.05, 0.1) is 19.1 Å². The molecule has 0 atom stereocenters. The van der Waals surface area contributed by atoms with Crippen molar-refractivity contribution in [2.24, 2.45) is 5.10 Å². The minimum absolute atomic E-state index is 0.0445. The topological polar surface area (TPSA) is 102 Å². The van der Waals surface area contributed by atoms with Gasteiger partial charge in [-0.1, -0.05) is 65.9 Å². The fraction of sp³-hybridized carbons (Fsp3) is 0.120. The van der Waals surface area contributed by atoms with Crippen LogP contribution in [-0.2, 0) is 4.79 Å². The van der Waals surface area contributed by atoms with Crippen LogP contribution in [0.5, 0.6) is 11.5 Å². The van der Waals surface area contributed by atoms with Crippen LogP contribution in [0.15, 0.2) is 83.1 Å². The first-order chi connectivity index (χ1) is 16.6. The Morgan fingerprint density at radius 1 is 1.09 bits per heavy atom. The molecule has 8 nitrogen and oxygen atoms in total. The lowest BCUT2D eigenvalue weighted by molar-refractivity contribution is -0.118. The quantitative estimate of drug-likeness (QED) is 0.226. The van der Waals surface area contributed by atoms with Crippen molar-refractivity contribution in [1.82, 2.24) is 20.2 Å². The minimum atomic E-state index is -0.317. The number of amides is 1. The first-order valence-corrected chi connectivity index (χ1v) is 11.4. The van der Waals surface area contributed by atoms with Crippen LogP contribution in [-0.4, -0.2) is 44.9 Å². The van der Waals surface area contributed by atoms with Crippen molar-refractivity contribution in [3.05, 3.63) is 83.9 Å². The summed E-state index contributed by atoms with van der Waals surface area (Å²) in [7, 11) is 1.47. The van der Waals surface area contributed by atoms with Gasteiger partial charge in [0.15, 0.2) is 22.5 Å². The van der Waals surface area contributed by atoms with E-state index in [9.17, 15) is 9.90 Å². The molecule has 2 N–H and O–H groups in total. The summed E-state index contributed by atoms with van der Waals surface area (Å²) in [6, 6.07) is 22.8. The number of hydrogen-bond donors (Lipinski definition) is 2. The predicted molar refractivity (Wildman–Crippen MR) is 133 cm³/mol. The molecule has 0 saturated heterocycles. The summed E-state index contributed by atoms with van der Waals surface area (Å²) in [4.78, 5) is 12.4. The number of ether oxygens (including phenoxy) is 1. The molecule has 172 valence electrons. The minimum Gasteiger partial charge on any atom is -0.504 e. The van der Waals surface area contributed by atoms with Crippen molar-refractivity contribution in [3.63, 3.8) is 0 Å². The van der Waals surface area contributed by atoms with Crippen LogP contribution in [0.4, 0.5) is 0 Å². The van der Waals surface area contributed by atoms with E-state index in [1.54, 1.807) is 18.2 Å². The number of methoxy groups -OCH3 is 1.